The van der Waals surface area contributed by atoms with Gasteiger partial charge in [-0.05, 0) is 64.2 Å². The van der Waals surface area contributed by atoms with Gasteiger partial charge in [0.1, 0.15) is 6.04 Å². The van der Waals surface area contributed by atoms with Gasteiger partial charge in [0.2, 0.25) is 15.9 Å². The van der Waals surface area contributed by atoms with Gasteiger partial charge in [-0.25, -0.2) is 13.2 Å². The Morgan fingerprint density at radius 3 is 2.61 bits per heavy atom. The van der Waals surface area contributed by atoms with Gasteiger partial charge in [-0.3, -0.25) is 9.36 Å². The third kappa shape index (κ3) is 4.73. The highest BCUT2D eigenvalue weighted by atomic mass is 32.2. The highest BCUT2D eigenvalue weighted by molar-refractivity contribution is 7.89. The minimum Gasteiger partial charge on any atom is -0.408 e. The van der Waals surface area contributed by atoms with Crippen molar-refractivity contribution in [3.8, 4) is 0 Å². The van der Waals surface area contributed by atoms with E-state index in [-0.39, 0.29) is 4.90 Å². The first-order valence-electron chi connectivity index (χ1n) is 10.8. The summed E-state index contributed by atoms with van der Waals surface area (Å²) in [4.78, 5) is 27.4. The van der Waals surface area contributed by atoms with Gasteiger partial charge in [-0.1, -0.05) is 17.7 Å². The summed E-state index contributed by atoms with van der Waals surface area (Å²) < 4.78 is 34.4. The number of anilines is 1. The molecule has 9 nitrogen and oxygen atoms in total. The van der Waals surface area contributed by atoms with Crippen LogP contribution in [0.2, 0.25) is 0 Å². The van der Waals surface area contributed by atoms with Crippen LogP contribution in [0.1, 0.15) is 18.4 Å². The van der Waals surface area contributed by atoms with E-state index in [4.69, 9.17) is 4.42 Å². The summed E-state index contributed by atoms with van der Waals surface area (Å²) in [6.45, 7) is 3.28. The molecule has 0 radical (unpaired) electrons. The third-order valence-corrected chi connectivity index (χ3v) is 7.76. The summed E-state index contributed by atoms with van der Waals surface area (Å²) in [7, 11) is 0.0392. The zero-order chi connectivity index (χ0) is 23.8. The standard InChI is InChI=1S/C23H28N4O5S/c1-16-6-9-18(10-7-16)33(30,31)27-12-4-5-19(27)22(28)24-17-8-11-21-20(15-17)26(23(29)32-21)14-13-25(2)3/h6-11,15,19H,4-5,12-14H2,1-3H3,(H,24,28)/t19-/m0/s1. The molecule has 1 fully saturated rings. The summed E-state index contributed by atoms with van der Waals surface area (Å²) in [6.07, 6.45) is 1.05. The summed E-state index contributed by atoms with van der Waals surface area (Å²) in [5.41, 5.74) is 2.45. The van der Waals surface area contributed by atoms with E-state index in [0.29, 0.717) is 49.3 Å². The molecule has 4 rings (SSSR count). The monoisotopic (exact) mass is 472 g/mol. The predicted octanol–water partition coefficient (Wildman–Crippen LogP) is 2.26. The number of sulfonamides is 1. The van der Waals surface area contributed by atoms with Crippen LogP contribution in [-0.2, 0) is 21.4 Å². The molecule has 0 saturated carbocycles. The van der Waals surface area contributed by atoms with Crippen LogP contribution in [0.15, 0.2) is 56.6 Å². The quantitative estimate of drug-likeness (QED) is 0.566. The molecule has 1 atom stereocenters. The molecule has 0 aliphatic carbocycles. The molecule has 1 aliphatic heterocycles. The number of hydrogen-bond acceptors (Lipinski definition) is 6. The lowest BCUT2D eigenvalue weighted by molar-refractivity contribution is -0.119. The fourth-order valence-electron chi connectivity index (χ4n) is 4.01. The molecule has 2 aromatic carbocycles. The lowest BCUT2D eigenvalue weighted by atomic mass is 10.2. The van der Waals surface area contributed by atoms with Crippen LogP contribution < -0.4 is 11.1 Å². The maximum Gasteiger partial charge on any atom is 0.419 e. The molecule has 10 heteroatoms. The number of aromatic nitrogens is 1. The normalized spacial score (nSPS) is 17.2. The van der Waals surface area contributed by atoms with Crippen molar-refractivity contribution >= 4 is 32.7 Å². The molecule has 0 spiro atoms. The number of rotatable bonds is 7. The minimum atomic E-state index is -3.79. The van der Waals surface area contributed by atoms with Gasteiger partial charge in [-0.2, -0.15) is 4.31 Å². The molecule has 3 aromatic rings. The summed E-state index contributed by atoms with van der Waals surface area (Å²) in [5.74, 6) is -0.852. The van der Waals surface area contributed by atoms with Crippen molar-refractivity contribution in [3.05, 3.63) is 58.6 Å². The number of benzene rings is 2. The predicted molar refractivity (Wildman–Crippen MR) is 126 cm³/mol. The van der Waals surface area contributed by atoms with Crippen molar-refractivity contribution in [1.29, 1.82) is 0 Å². The molecule has 1 saturated heterocycles. The van der Waals surface area contributed by atoms with E-state index in [1.54, 1.807) is 42.5 Å². The largest absolute Gasteiger partial charge is 0.419 e. The van der Waals surface area contributed by atoms with E-state index in [9.17, 15) is 18.0 Å². The zero-order valence-electron chi connectivity index (χ0n) is 18.9. The fraction of sp³-hybridized carbons (Fsp3) is 0.391. The van der Waals surface area contributed by atoms with Gasteiger partial charge >= 0.3 is 5.76 Å². The van der Waals surface area contributed by atoms with Gasteiger partial charge < -0.3 is 14.6 Å². The first kappa shape index (κ1) is 23.2. The summed E-state index contributed by atoms with van der Waals surface area (Å²) in [5, 5.41) is 2.83. The van der Waals surface area contributed by atoms with Crippen LogP contribution in [0, 0.1) is 6.92 Å². The number of nitrogens with zero attached hydrogens (tertiary/aromatic N) is 3. The molecular weight excluding hydrogens is 444 g/mol. The average Bonchev–Trinajstić information content (AvgIpc) is 3.37. The number of oxazole rings is 1. The van der Waals surface area contributed by atoms with E-state index < -0.39 is 27.7 Å². The van der Waals surface area contributed by atoms with Crippen molar-refractivity contribution in [3.63, 3.8) is 0 Å². The first-order valence-corrected chi connectivity index (χ1v) is 12.3. The van der Waals surface area contributed by atoms with Gasteiger partial charge in [0.25, 0.3) is 0 Å². The molecule has 0 unspecified atom stereocenters. The smallest absolute Gasteiger partial charge is 0.408 e. The van der Waals surface area contributed by atoms with E-state index in [0.717, 1.165) is 5.56 Å². The number of fused-ring (bicyclic) bond motifs is 1. The van der Waals surface area contributed by atoms with Crippen LogP contribution in [0.25, 0.3) is 11.1 Å². The number of likely N-dealkylation sites (N-methyl/N-ethyl adjacent to an activating group) is 1. The first-order chi connectivity index (χ1) is 15.7. The Morgan fingerprint density at radius 1 is 1.18 bits per heavy atom. The Morgan fingerprint density at radius 2 is 1.91 bits per heavy atom. The Balaban J connectivity index is 1.56. The zero-order valence-corrected chi connectivity index (χ0v) is 19.8. The molecule has 1 N–H and O–H groups in total. The fourth-order valence-corrected chi connectivity index (χ4v) is 5.67. The number of carbonyl (C=O) groups excluding carboxylic acids is 1. The van der Waals surface area contributed by atoms with Crippen LogP contribution in [0.4, 0.5) is 5.69 Å². The number of hydrogen-bond donors (Lipinski definition) is 1. The Labute approximate surface area is 192 Å². The molecule has 176 valence electrons. The SMILES string of the molecule is Cc1ccc(S(=O)(=O)N2CCC[C@H]2C(=O)Nc2ccc3oc(=O)n(CCN(C)C)c3c2)cc1. The number of nitrogens with one attached hydrogen (secondary N) is 1. The second-order valence-corrected chi connectivity index (χ2v) is 10.5. The highest BCUT2D eigenvalue weighted by Crippen LogP contribution is 2.28. The lowest BCUT2D eigenvalue weighted by Gasteiger charge is -2.23. The minimum absolute atomic E-state index is 0.178. The number of amides is 1. The average molecular weight is 473 g/mol. The van der Waals surface area contributed by atoms with E-state index in [2.05, 4.69) is 5.32 Å². The van der Waals surface area contributed by atoms with Crippen LogP contribution in [0.3, 0.4) is 0 Å². The summed E-state index contributed by atoms with van der Waals surface area (Å²) >= 11 is 0. The molecule has 1 aliphatic rings. The van der Waals surface area contributed by atoms with Crippen molar-refractivity contribution in [2.45, 2.75) is 37.2 Å². The van der Waals surface area contributed by atoms with E-state index >= 15 is 0 Å². The third-order valence-electron chi connectivity index (χ3n) is 5.84. The van der Waals surface area contributed by atoms with Gasteiger partial charge in [0, 0.05) is 25.3 Å². The molecule has 33 heavy (non-hydrogen) atoms. The maximum atomic E-state index is 13.2. The lowest BCUT2D eigenvalue weighted by Crippen LogP contribution is -2.43. The van der Waals surface area contributed by atoms with Crippen LogP contribution in [-0.4, -0.2) is 61.3 Å². The molecule has 0 bridgehead atoms. The number of carbonyl (C=O) groups is 1. The molecule has 1 amide bonds. The summed E-state index contributed by atoms with van der Waals surface area (Å²) in [6, 6.07) is 10.8. The van der Waals surface area contributed by atoms with E-state index in [1.165, 1.54) is 8.87 Å². The van der Waals surface area contributed by atoms with Crippen molar-refractivity contribution < 1.29 is 17.6 Å². The Kier molecular flexibility index (Phi) is 6.42. The second-order valence-electron chi connectivity index (χ2n) is 8.58. The van der Waals surface area contributed by atoms with Crippen LogP contribution >= 0.6 is 0 Å². The van der Waals surface area contributed by atoms with E-state index in [1.807, 2.05) is 25.9 Å². The van der Waals surface area contributed by atoms with Crippen molar-refractivity contribution in [1.82, 2.24) is 13.8 Å². The Hall–Kier alpha value is -2.95. The molecular formula is C23H28N4O5S. The van der Waals surface area contributed by atoms with Gasteiger partial charge in [-0.15, -0.1) is 0 Å². The molecule has 2 heterocycles. The maximum absolute atomic E-state index is 13.2. The number of aryl methyl sites for hydroxylation is 1. The van der Waals surface area contributed by atoms with Gasteiger partial charge in [0.15, 0.2) is 5.58 Å². The second kappa shape index (κ2) is 9.12. The van der Waals surface area contributed by atoms with Crippen molar-refractivity contribution in [2.75, 3.05) is 32.5 Å². The highest BCUT2D eigenvalue weighted by Gasteiger charge is 2.39. The van der Waals surface area contributed by atoms with Crippen LogP contribution in [0.5, 0.6) is 0 Å². The Bertz CT molecular complexity index is 1330. The van der Waals surface area contributed by atoms with Gasteiger partial charge in [0.05, 0.1) is 10.4 Å². The van der Waals surface area contributed by atoms with Crippen molar-refractivity contribution in [2.24, 2.45) is 0 Å². The molecule has 1 aromatic heterocycles. The topological polar surface area (TPSA) is 105 Å².